The summed E-state index contributed by atoms with van der Waals surface area (Å²) in [7, 11) is 0. The minimum absolute atomic E-state index is 0.307. The molecule has 4 saturated carbocycles. The third kappa shape index (κ3) is 2.21. The van der Waals surface area contributed by atoms with Gasteiger partial charge in [-0.25, -0.2) is 0 Å². The standard InChI is InChI=1S/C22H37NO2/c1-20-6-2-7-22(15-23(14-20)9-10-24)18(20)5-8-21-11-16(3-4-19(21)22)17(12-21)13-25/h16-19,24-25H,2-15H2,1H3/t16-,17-,18+,19+,20-,21-,22-/m0/s1. The van der Waals surface area contributed by atoms with Gasteiger partial charge in [-0.1, -0.05) is 13.3 Å². The lowest BCUT2D eigenvalue weighted by Gasteiger charge is -2.69. The third-order valence-electron chi connectivity index (χ3n) is 9.87. The Bertz CT molecular complexity index is 538. The van der Waals surface area contributed by atoms with Crippen LogP contribution in [-0.4, -0.2) is 48.0 Å². The average molecular weight is 348 g/mol. The van der Waals surface area contributed by atoms with Crippen LogP contribution in [0.15, 0.2) is 0 Å². The molecule has 0 amide bonds. The Labute approximate surface area is 153 Å². The fourth-order valence-corrected chi connectivity index (χ4v) is 9.38. The summed E-state index contributed by atoms with van der Waals surface area (Å²) < 4.78 is 0. The number of β-amino-alcohol motifs (C(OH)–C–C–N with tert-alkyl or cyclic N) is 1. The van der Waals surface area contributed by atoms with Crippen molar-refractivity contribution < 1.29 is 10.2 Å². The monoisotopic (exact) mass is 347 g/mol. The molecule has 1 heterocycles. The number of hydrogen-bond acceptors (Lipinski definition) is 3. The highest BCUT2D eigenvalue weighted by atomic mass is 16.3. The second-order valence-electron chi connectivity index (χ2n) is 10.9. The second kappa shape index (κ2) is 5.69. The molecule has 1 aliphatic heterocycles. The van der Waals surface area contributed by atoms with Gasteiger partial charge in [0.05, 0.1) is 6.61 Å². The minimum atomic E-state index is 0.307. The van der Waals surface area contributed by atoms with Gasteiger partial charge in [-0.2, -0.15) is 0 Å². The first-order valence-corrected chi connectivity index (χ1v) is 11.0. The van der Waals surface area contributed by atoms with E-state index >= 15 is 0 Å². The zero-order valence-electron chi connectivity index (χ0n) is 16.1. The molecule has 3 nitrogen and oxygen atoms in total. The first kappa shape index (κ1) is 17.0. The fraction of sp³-hybridized carbons (Fsp3) is 1.00. The number of nitrogens with zero attached hydrogens (tertiary/aromatic N) is 1. The number of aliphatic hydroxyl groups is 2. The molecule has 5 fully saturated rings. The number of piperidine rings is 1. The minimum Gasteiger partial charge on any atom is -0.396 e. The Morgan fingerprint density at radius 1 is 0.960 bits per heavy atom. The predicted octanol–water partition coefficient (Wildman–Crippen LogP) is 3.30. The molecule has 1 spiro atoms. The largest absolute Gasteiger partial charge is 0.396 e. The van der Waals surface area contributed by atoms with Crippen LogP contribution in [0.5, 0.6) is 0 Å². The summed E-state index contributed by atoms with van der Waals surface area (Å²) in [6, 6.07) is 0. The van der Waals surface area contributed by atoms with E-state index in [-0.39, 0.29) is 0 Å². The summed E-state index contributed by atoms with van der Waals surface area (Å²) in [5.74, 6) is 3.18. The van der Waals surface area contributed by atoms with Crippen molar-refractivity contribution in [3.8, 4) is 0 Å². The van der Waals surface area contributed by atoms with Gasteiger partial charge in [0.2, 0.25) is 0 Å². The molecule has 1 saturated heterocycles. The molecule has 5 rings (SSSR count). The van der Waals surface area contributed by atoms with Crippen molar-refractivity contribution in [3.05, 3.63) is 0 Å². The Hall–Kier alpha value is -0.120. The van der Waals surface area contributed by atoms with Crippen molar-refractivity contribution in [1.82, 2.24) is 4.90 Å². The smallest absolute Gasteiger partial charge is 0.0558 e. The van der Waals surface area contributed by atoms with Crippen molar-refractivity contribution in [3.63, 3.8) is 0 Å². The highest BCUT2D eigenvalue weighted by molar-refractivity contribution is 5.17. The van der Waals surface area contributed by atoms with Gasteiger partial charge in [-0.15, -0.1) is 0 Å². The van der Waals surface area contributed by atoms with E-state index < -0.39 is 0 Å². The van der Waals surface area contributed by atoms with Crippen LogP contribution in [-0.2, 0) is 0 Å². The van der Waals surface area contributed by atoms with Crippen molar-refractivity contribution >= 4 is 0 Å². The lowest BCUT2D eigenvalue weighted by molar-refractivity contribution is -0.204. The van der Waals surface area contributed by atoms with Crippen LogP contribution in [0, 0.1) is 39.9 Å². The number of fused-ring (bicyclic) bond motifs is 1. The highest BCUT2D eigenvalue weighted by Crippen LogP contribution is 2.73. The summed E-state index contributed by atoms with van der Waals surface area (Å²) in [6.45, 7) is 6.62. The quantitative estimate of drug-likeness (QED) is 0.823. The molecule has 3 heteroatoms. The van der Waals surface area contributed by atoms with Crippen LogP contribution in [0.3, 0.4) is 0 Å². The van der Waals surface area contributed by atoms with E-state index in [2.05, 4.69) is 11.8 Å². The Kier molecular flexibility index (Phi) is 3.87. The number of likely N-dealkylation sites (tertiary alicyclic amines) is 1. The first-order chi connectivity index (χ1) is 12.1. The summed E-state index contributed by atoms with van der Waals surface area (Å²) in [4.78, 5) is 2.62. The lowest BCUT2D eigenvalue weighted by Crippen LogP contribution is -2.67. The van der Waals surface area contributed by atoms with Crippen LogP contribution >= 0.6 is 0 Å². The maximum atomic E-state index is 9.92. The van der Waals surface area contributed by atoms with Crippen LogP contribution in [0.2, 0.25) is 0 Å². The average Bonchev–Trinajstić information content (AvgIpc) is 2.84. The van der Waals surface area contributed by atoms with Crippen molar-refractivity contribution in [2.45, 2.75) is 64.7 Å². The molecule has 25 heavy (non-hydrogen) atoms. The van der Waals surface area contributed by atoms with Crippen molar-refractivity contribution in [2.75, 3.05) is 32.8 Å². The SMILES string of the molecule is C[C@]12CCC[C@]3(CN(CCO)C1)[C@@H]2CC[C@]12C[C@@H](CO)[C@@H](CC[C@H]13)C2. The van der Waals surface area contributed by atoms with Gasteiger partial charge < -0.3 is 10.2 Å². The molecule has 7 atom stereocenters. The van der Waals surface area contributed by atoms with E-state index in [0.29, 0.717) is 35.4 Å². The third-order valence-corrected chi connectivity index (χ3v) is 9.87. The molecule has 0 aromatic heterocycles. The predicted molar refractivity (Wildman–Crippen MR) is 99.1 cm³/mol. The van der Waals surface area contributed by atoms with Gasteiger partial charge in [0.25, 0.3) is 0 Å². The first-order valence-electron chi connectivity index (χ1n) is 11.0. The van der Waals surface area contributed by atoms with Crippen LogP contribution in [0.1, 0.15) is 64.7 Å². The van der Waals surface area contributed by atoms with E-state index in [1.807, 2.05) is 0 Å². The molecular formula is C22H37NO2. The Morgan fingerprint density at radius 2 is 1.84 bits per heavy atom. The maximum absolute atomic E-state index is 9.92. The molecule has 142 valence electrons. The van der Waals surface area contributed by atoms with Crippen LogP contribution < -0.4 is 0 Å². The van der Waals surface area contributed by atoms with Crippen LogP contribution in [0.4, 0.5) is 0 Å². The molecule has 5 aliphatic rings. The molecule has 2 N–H and O–H groups in total. The molecule has 0 unspecified atom stereocenters. The molecule has 4 bridgehead atoms. The van der Waals surface area contributed by atoms with E-state index in [4.69, 9.17) is 0 Å². The van der Waals surface area contributed by atoms with Crippen LogP contribution in [0.25, 0.3) is 0 Å². The summed E-state index contributed by atoms with van der Waals surface area (Å²) >= 11 is 0. The molecule has 0 aromatic rings. The number of hydrogen-bond donors (Lipinski definition) is 2. The van der Waals surface area contributed by atoms with Crippen molar-refractivity contribution in [2.24, 2.45) is 39.9 Å². The highest BCUT2D eigenvalue weighted by Gasteiger charge is 2.67. The van der Waals surface area contributed by atoms with E-state index in [9.17, 15) is 10.2 Å². The lowest BCUT2D eigenvalue weighted by atomic mass is 9.39. The normalized spacial score (nSPS) is 54.8. The fourth-order valence-electron chi connectivity index (χ4n) is 9.38. The van der Waals surface area contributed by atoms with Crippen molar-refractivity contribution in [1.29, 1.82) is 0 Å². The van der Waals surface area contributed by atoms with Gasteiger partial charge in [0.1, 0.15) is 0 Å². The summed E-state index contributed by atoms with van der Waals surface area (Å²) in [5, 5.41) is 19.5. The van der Waals surface area contributed by atoms with Gasteiger partial charge >= 0.3 is 0 Å². The van der Waals surface area contributed by atoms with Gasteiger partial charge in [-0.3, -0.25) is 4.90 Å². The Balaban J connectivity index is 1.53. The Morgan fingerprint density at radius 3 is 2.64 bits per heavy atom. The number of aliphatic hydroxyl groups excluding tert-OH is 2. The zero-order chi connectivity index (χ0) is 17.3. The second-order valence-corrected chi connectivity index (χ2v) is 10.9. The summed E-state index contributed by atoms with van der Waals surface area (Å²) in [5.41, 5.74) is 1.53. The van der Waals surface area contributed by atoms with E-state index in [1.54, 1.807) is 0 Å². The summed E-state index contributed by atoms with van der Waals surface area (Å²) in [6.07, 6.45) is 12.6. The zero-order valence-corrected chi connectivity index (χ0v) is 16.1. The molecule has 0 radical (unpaired) electrons. The number of rotatable bonds is 3. The van der Waals surface area contributed by atoms with Gasteiger partial charge in [0.15, 0.2) is 0 Å². The van der Waals surface area contributed by atoms with Gasteiger partial charge in [0, 0.05) is 26.2 Å². The molecule has 0 aromatic carbocycles. The molecular weight excluding hydrogens is 310 g/mol. The maximum Gasteiger partial charge on any atom is 0.0558 e. The van der Waals surface area contributed by atoms with E-state index in [1.165, 1.54) is 70.9 Å². The topological polar surface area (TPSA) is 43.7 Å². The molecule has 4 aliphatic carbocycles. The van der Waals surface area contributed by atoms with Gasteiger partial charge in [-0.05, 0) is 91.3 Å². The van der Waals surface area contributed by atoms with E-state index in [0.717, 1.165) is 24.3 Å².